The molecule has 0 aliphatic heterocycles. The minimum Gasteiger partial charge on any atom is -0.383 e. The van der Waals surface area contributed by atoms with Crippen molar-refractivity contribution in [2.75, 3.05) is 19.0 Å². The maximum Gasteiger partial charge on any atom is 0.273 e. The number of alkyl halides is 1. The fraction of sp³-hybridized carbons (Fsp3) is 0.556. The highest BCUT2D eigenvalue weighted by atomic mass is 79.9. The third kappa shape index (κ3) is 4.01. The molecule has 1 N–H and O–H groups in total. The molecular formula is C9H13BrN2O3. The van der Waals surface area contributed by atoms with Gasteiger partial charge in [-0.1, -0.05) is 21.1 Å². The molecule has 0 spiro atoms. The van der Waals surface area contributed by atoms with Crippen molar-refractivity contribution < 1.29 is 14.1 Å². The van der Waals surface area contributed by atoms with E-state index < -0.39 is 0 Å². The summed E-state index contributed by atoms with van der Waals surface area (Å²) in [6, 6.07) is 1.51. The van der Waals surface area contributed by atoms with E-state index in [9.17, 15) is 4.79 Å². The Morgan fingerprint density at radius 2 is 2.60 bits per heavy atom. The molecule has 6 heteroatoms. The van der Waals surface area contributed by atoms with Gasteiger partial charge in [0.05, 0.1) is 12.6 Å². The number of nitrogens with zero attached hydrogens (tertiary/aromatic N) is 1. The molecule has 0 radical (unpaired) electrons. The molecule has 0 bridgehead atoms. The first-order valence-corrected chi connectivity index (χ1v) is 5.66. The summed E-state index contributed by atoms with van der Waals surface area (Å²) in [7, 11) is 1.60. The van der Waals surface area contributed by atoms with Crippen LogP contribution in [-0.4, -0.2) is 36.2 Å². The minimum absolute atomic E-state index is 0.0152. The molecule has 0 saturated carbocycles. The van der Waals surface area contributed by atoms with Gasteiger partial charge in [-0.05, 0) is 6.42 Å². The van der Waals surface area contributed by atoms with Gasteiger partial charge in [0.25, 0.3) is 5.91 Å². The van der Waals surface area contributed by atoms with Crippen molar-refractivity contribution in [3.05, 3.63) is 18.0 Å². The van der Waals surface area contributed by atoms with E-state index in [1.54, 1.807) is 7.11 Å². The van der Waals surface area contributed by atoms with Gasteiger partial charge in [0, 0.05) is 18.5 Å². The van der Waals surface area contributed by atoms with Crippen LogP contribution in [0.4, 0.5) is 0 Å². The van der Waals surface area contributed by atoms with Crippen molar-refractivity contribution in [2.45, 2.75) is 12.5 Å². The Bertz CT molecular complexity index is 284. The molecule has 1 unspecified atom stereocenters. The molecule has 15 heavy (non-hydrogen) atoms. The van der Waals surface area contributed by atoms with Crippen LogP contribution in [0.2, 0.25) is 0 Å². The van der Waals surface area contributed by atoms with Crippen LogP contribution >= 0.6 is 15.9 Å². The van der Waals surface area contributed by atoms with E-state index in [0.717, 1.165) is 11.8 Å². The van der Waals surface area contributed by atoms with Gasteiger partial charge >= 0.3 is 0 Å². The molecule has 0 fully saturated rings. The van der Waals surface area contributed by atoms with Gasteiger partial charge in [0.15, 0.2) is 5.69 Å². The SMILES string of the molecule is COCC(CCBr)NC(=O)c1ccon1. The van der Waals surface area contributed by atoms with Gasteiger partial charge in [-0.2, -0.15) is 0 Å². The molecule has 0 aromatic carbocycles. The summed E-state index contributed by atoms with van der Waals surface area (Å²) >= 11 is 3.32. The van der Waals surface area contributed by atoms with Gasteiger partial charge < -0.3 is 14.6 Å². The number of nitrogens with one attached hydrogen (secondary N) is 1. The van der Waals surface area contributed by atoms with Crippen LogP contribution < -0.4 is 5.32 Å². The minimum atomic E-state index is -0.244. The summed E-state index contributed by atoms with van der Waals surface area (Å²) in [5.41, 5.74) is 0.283. The van der Waals surface area contributed by atoms with E-state index in [4.69, 9.17) is 4.74 Å². The first-order valence-electron chi connectivity index (χ1n) is 4.54. The Labute approximate surface area is 96.3 Å². The molecule has 1 aromatic rings. The first kappa shape index (κ1) is 12.2. The van der Waals surface area contributed by atoms with Gasteiger partial charge in [-0.25, -0.2) is 0 Å². The number of carbonyl (C=O) groups excluding carboxylic acids is 1. The maximum absolute atomic E-state index is 11.6. The summed E-state index contributed by atoms with van der Waals surface area (Å²) in [5.74, 6) is -0.244. The lowest BCUT2D eigenvalue weighted by Crippen LogP contribution is -2.38. The number of rotatable bonds is 6. The maximum atomic E-state index is 11.6. The highest BCUT2D eigenvalue weighted by molar-refractivity contribution is 9.09. The predicted molar refractivity (Wildman–Crippen MR) is 58.0 cm³/mol. The number of carbonyl (C=O) groups is 1. The third-order valence-electron chi connectivity index (χ3n) is 1.83. The van der Waals surface area contributed by atoms with E-state index in [1.165, 1.54) is 12.3 Å². The Morgan fingerprint density at radius 3 is 3.13 bits per heavy atom. The molecule has 1 aromatic heterocycles. The van der Waals surface area contributed by atoms with Crippen LogP contribution in [0.3, 0.4) is 0 Å². The largest absolute Gasteiger partial charge is 0.383 e. The van der Waals surface area contributed by atoms with Crippen molar-refractivity contribution in [1.82, 2.24) is 10.5 Å². The van der Waals surface area contributed by atoms with Crippen LogP contribution in [0, 0.1) is 0 Å². The number of halogens is 1. The molecule has 1 rings (SSSR count). The molecule has 1 amide bonds. The van der Waals surface area contributed by atoms with E-state index in [2.05, 4.69) is 30.9 Å². The van der Waals surface area contributed by atoms with Crippen LogP contribution in [0.5, 0.6) is 0 Å². The second-order valence-corrected chi connectivity index (χ2v) is 3.78. The Balaban J connectivity index is 2.47. The first-order chi connectivity index (χ1) is 7.27. The van der Waals surface area contributed by atoms with Crippen molar-refractivity contribution in [3.63, 3.8) is 0 Å². The zero-order valence-corrected chi connectivity index (χ0v) is 9.99. The molecule has 0 aliphatic rings. The summed E-state index contributed by atoms with van der Waals surface area (Å²) in [6.07, 6.45) is 2.17. The van der Waals surface area contributed by atoms with Gasteiger partial charge in [0.2, 0.25) is 0 Å². The summed E-state index contributed by atoms with van der Waals surface area (Å²) in [6.45, 7) is 0.481. The van der Waals surface area contributed by atoms with Gasteiger partial charge in [-0.3, -0.25) is 4.79 Å². The monoisotopic (exact) mass is 276 g/mol. The quantitative estimate of drug-likeness (QED) is 0.794. The van der Waals surface area contributed by atoms with E-state index in [-0.39, 0.29) is 17.6 Å². The van der Waals surface area contributed by atoms with Crippen molar-refractivity contribution in [3.8, 4) is 0 Å². The zero-order valence-electron chi connectivity index (χ0n) is 8.40. The normalized spacial score (nSPS) is 12.4. The number of amides is 1. The van der Waals surface area contributed by atoms with Crippen molar-refractivity contribution in [2.24, 2.45) is 0 Å². The highest BCUT2D eigenvalue weighted by Crippen LogP contribution is 2.00. The Hall–Kier alpha value is -0.880. The van der Waals surface area contributed by atoms with E-state index in [0.29, 0.717) is 6.61 Å². The number of hydrogen-bond donors (Lipinski definition) is 1. The van der Waals surface area contributed by atoms with E-state index in [1.807, 2.05) is 0 Å². The second-order valence-electron chi connectivity index (χ2n) is 2.99. The Kier molecular flexibility index (Phi) is 5.34. The lowest BCUT2D eigenvalue weighted by molar-refractivity contribution is 0.0886. The van der Waals surface area contributed by atoms with Crippen LogP contribution in [-0.2, 0) is 4.74 Å². The molecule has 84 valence electrons. The Morgan fingerprint density at radius 1 is 1.80 bits per heavy atom. The van der Waals surface area contributed by atoms with Crippen molar-refractivity contribution >= 4 is 21.8 Å². The highest BCUT2D eigenvalue weighted by Gasteiger charge is 2.14. The fourth-order valence-electron chi connectivity index (χ4n) is 1.12. The topological polar surface area (TPSA) is 64.4 Å². The lowest BCUT2D eigenvalue weighted by atomic mass is 10.2. The average Bonchev–Trinajstić information content (AvgIpc) is 2.71. The van der Waals surface area contributed by atoms with Crippen LogP contribution in [0.1, 0.15) is 16.9 Å². The standard InChI is InChI=1S/C9H13BrN2O3/c1-14-6-7(2-4-10)11-9(13)8-3-5-15-12-8/h3,5,7H,2,4,6H2,1H3,(H,11,13). The number of aromatic nitrogens is 1. The number of ether oxygens (including phenoxy) is 1. The summed E-state index contributed by atoms with van der Waals surface area (Å²) in [4.78, 5) is 11.6. The zero-order chi connectivity index (χ0) is 11.1. The predicted octanol–water partition coefficient (Wildman–Crippen LogP) is 1.20. The molecule has 1 atom stereocenters. The summed E-state index contributed by atoms with van der Waals surface area (Å²) < 4.78 is 9.58. The molecule has 0 saturated heterocycles. The fourth-order valence-corrected chi connectivity index (χ4v) is 1.67. The van der Waals surface area contributed by atoms with Crippen LogP contribution in [0.15, 0.2) is 16.9 Å². The second kappa shape index (κ2) is 6.58. The molecular weight excluding hydrogens is 264 g/mol. The van der Waals surface area contributed by atoms with E-state index >= 15 is 0 Å². The lowest BCUT2D eigenvalue weighted by Gasteiger charge is -2.15. The van der Waals surface area contributed by atoms with Crippen molar-refractivity contribution in [1.29, 1.82) is 0 Å². The molecule has 5 nitrogen and oxygen atoms in total. The van der Waals surface area contributed by atoms with Gasteiger partial charge in [-0.15, -0.1) is 0 Å². The summed E-state index contributed by atoms with van der Waals surface area (Å²) in [5, 5.41) is 7.16. The number of hydrogen-bond acceptors (Lipinski definition) is 4. The van der Waals surface area contributed by atoms with Gasteiger partial charge in [0.1, 0.15) is 6.26 Å². The van der Waals surface area contributed by atoms with Crippen LogP contribution in [0.25, 0.3) is 0 Å². The number of methoxy groups -OCH3 is 1. The molecule has 1 heterocycles. The smallest absolute Gasteiger partial charge is 0.273 e. The third-order valence-corrected chi connectivity index (χ3v) is 2.29. The molecule has 0 aliphatic carbocycles. The average molecular weight is 277 g/mol.